The number of nitrogens with zero attached hydrogens (tertiary/aromatic N) is 2. The van der Waals surface area contributed by atoms with E-state index >= 15 is 0 Å². The molecule has 1 aromatic carbocycles. The van der Waals surface area contributed by atoms with Gasteiger partial charge in [-0.15, -0.1) is 0 Å². The van der Waals surface area contributed by atoms with E-state index < -0.39 is 38.8 Å². The molecule has 3 rings (SSSR count). The summed E-state index contributed by atoms with van der Waals surface area (Å²) in [5.41, 5.74) is -0.385. The van der Waals surface area contributed by atoms with Crippen molar-refractivity contribution in [3.05, 3.63) is 28.9 Å². The van der Waals surface area contributed by atoms with Gasteiger partial charge in [0.15, 0.2) is 5.69 Å². The number of aliphatic hydroxyl groups is 1. The fourth-order valence-electron chi connectivity index (χ4n) is 4.44. The highest BCUT2D eigenvalue weighted by Gasteiger charge is 2.38. The first kappa shape index (κ1) is 30.0. The van der Waals surface area contributed by atoms with Gasteiger partial charge in [0.25, 0.3) is 5.91 Å². The summed E-state index contributed by atoms with van der Waals surface area (Å²) < 4.78 is 69.3. The molecule has 0 bridgehead atoms. The maximum atomic E-state index is 13.0. The van der Waals surface area contributed by atoms with Crippen LogP contribution in [-0.2, 0) is 16.4 Å². The van der Waals surface area contributed by atoms with Crippen LogP contribution in [0.4, 0.5) is 18.9 Å². The number of methoxy groups -OCH3 is 1. The third kappa shape index (κ3) is 6.73. The van der Waals surface area contributed by atoms with Crippen LogP contribution in [0.15, 0.2) is 18.2 Å². The number of alkyl halides is 3. The van der Waals surface area contributed by atoms with Crippen molar-refractivity contribution in [2.24, 2.45) is 0 Å². The molecule has 38 heavy (non-hydrogen) atoms. The number of rotatable bonds is 9. The lowest BCUT2D eigenvalue weighted by atomic mass is 9.84. The van der Waals surface area contributed by atoms with E-state index in [1.807, 2.05) is 0 Å². The van der Waals surface area contributed by atoms with Gasteiger partial charge >= 0.3 is 6.18 Å². The normalized spacial score (nSPS) is 21.1. The molecule has 1 aliphatic rings. The monoisotopic (exact) mass is 580 g/mol. The van der Waals surface area contributed by atoms with Crippen LogP contribution in [0.5, 0.6) is 5.75 Å². The summed E-state index contributed by atoms with van der Waals surface area (Å²) in [7, 11) is -1.84. The Bertz CT molecular complexity index is 1270. The summed E-state index contributed by atoms with van der Waals surface area (Å²) in [6.07, 6.45) is -2.22. The summed E-state index contributed by atoms with van der Waals surface area (Å²) in [6, 6.07) is 2.60. The van der Waals surface area contributed by atoms with Crippen molar-refractivity contribution in [2.75, 3.05) is 25.2 Å². The van der Waals surface area contributed by atoms with Crippen molar-refractivity contribution >= 4 is 33.0 Å². The number of carbonyl (C=O) groups excluding carboxylic acids is 1. The molecule has 1 fully saturated rings. The Morgan fingerprint density at radius 2 is 1.97 bits per heavy atom. The average molecular weight is 581 g/mol. The van der Waals surface area contributed by atoms with Gasteiger partial charge in [-0.1, -0.05) is 11.6 Å². The lowest BCUT2D eigenvalue weighted by Crippen LogP contribution is -2.47. The molecule has 1 aliphatic carbocycles. The van der Waals surface area contributed by atoms with Crippen LogP contribution in [0.25, 0.3) is 11.3 Å². The van der Waals surface area contributed by atoms with Crippen molar-refractivity contribution < 1.29 is 36.2 Å². The third-order valence-electron chi connectivity index (χ3n) is 6.79. The molecule has 9 nitrogen and oxygen atoms in total. The number of carbonyl (C=O) groups is 1. The second kappa shape index (κ2) is 11.3. The number of sulfone groups is 1. The van der Waals surface area contributed by atoms with E-state index in [-0.39, 0.29) is 41.5 Å². The Morgan fingerprint density at radius 1 is 1.34 bits per heavy atom. The standard InChI is InChI=1S/C24H32ClF3N4O5S/c1-5-32-21(17-7-6-15(12-18(17)37-3)30-14(2)24(26,27)28)19(25)20(31-32)22(33)29-13-23(34)10-8-16(9-11-23)38(4,35)36/h6-7,12,14,16,30,34H,5,8-11,13H2,1-4H3,(H,29,33)/t14-,16-,23+/m1/s1. The molecule has 1 amide bonds. The van der Waals surface area contributed by atoms with Gasteiger partial charge in [0.05, 0.1) is 28.7 Å². The molecule has 2 aromatic rings. The van der Waals surface area contributed by atoms with Gasteiger partial charge in [0, 0.05) is 36.7 Å². The minimum absolute atomic E-state index is 0.0137. The predicted octanol–water partition coefficient (Wildman–Crippen LogP) is 4.04. The zero-order valence-corrected chi connectivity index (χ0v) is 23.1. The Kier molecular flexibility index (Phi) is 8.94. The van der Waals surface area contributed by atoms with Crippen LogP contribution < -0.4 is 15.4 Å². The number of aryl methyl sites for hydroxylation is 1. The molecule has 0 radical (unpaired) electrons. The van der Waals surface area contributed by atoms with Gasteiger partial charge in [-0.3, -0.25) is 9.48 Å². The van der Waals surface area contributed by atoms with Crippen LogP contribution in [0.1, 0.15) is 50.0 Å². The maximum Gasteiger partial charge on any atom is 0.408 e. The molecule has 1 atom stereocenters. The second-order valence-corrected chi connectivity index (χ2v) is 12.3. The second-order valence-electron chi connectivity index (χ2n) is 9.59. The van der Waals surface area contributed by atoms with E-state index in [0.717, 1.165) is 6.92 Å². The molecule has 0 saturated heterocycles. The van der Waals surface area contributed by atoms with Crippen LogP contribution >= 0.6 is 11.6 Å². The maximum absolute atomic E-state index is 13.0. The smallest absolute Gasteiger partial charge is 0.408 e. The fourth-order valence-corrected chi connectivity index (χ4v) is 5.86. The van der Waals surface area contributed by atoms with Crippen molar-refractivity contribution in [3.63, 3.8) is 0 Å². The fraction of sp³-hybridized carbons (Fsp3) is 0.583. The number of ether oxygens (including phenoxy) is 1. The number of amides is 1. The number of nitrogens with one attached hydrogen (secondary N) is 2. The summed E-state index contributed by atoms with van der Waals surface area (Å²) in [4.78, 5) is 13.0. The van der Waals surface area contributed by atoms with Gasteiger partial charge in [0.2, 0.25) is 0 Å². The minimum atomic E-state index is -4.43. The SMILES string of the molecule is CCn1nc(C(=O)NC[C@]2(O)CC[C@@H](S(C)(=O)=O)CC2)c(Cl)c1-c1ccc(N[C@H](C)C(F)(F)F)cc1OC. The van der Waals surface area contributed by atoms with Gasteiger partial charge < -0.3 is 20.5 Å². The minimum Gasteiger partial charge on any atom is -0.496 e. The first-order chi connectivity index (χ1) is 17.6. The van der Waals surface area contributed by atoms with Crippen molar-refractivity contribution in [2.45, 2.75) is 69.1 Å². The number of anilines is 1. The van der Waals surface area contributed by atoms with Gasteiger partial charge in [-0.2, -0.15) is 18.3 Å². The molecule has 0 aliphatic heterocycles. The predicted molar refractivity (Wildman–Crippen MR) is 138 cm³/mol. The molecular weight excluding hydrogens is 549 g/mol. The summed E-state index contributed by atoms with van der Waals surface area (Å²) in [6.45, 7) is 3.01. The largest absolute Gasteiger partial charge is 0.496 e. The van der Waals surface area contributed by atoms with E-state index in [1.165, 1.54) is 36.2 Å². The lowest BCUT2D eigenvalue weighted by Gasteiger charge is -2.35. The first-order valence-corrected chi connectivity index (χ1v) is 14.4. The Balaban J connectivity index is 1.81. The number of hydrogen-bond donors (Lipinski definition) is 3. The Labute approximate surface area is 224 Å². The van der Waals surface area contributed by atoms with Gasteiger partial charge in [-0.05, 0) is 51.7 Å². The molecule has 1 aromatic heterocycles. The highest BCUT2D eigenvalue weighted by atomic mass is 35.5. The summed E-state index contributed by atoms with van der Waals surface area (Å²) in [5.74, 6) is -0.400. The van der Waals surface area contributed by atoms with E-state index in [9.17, 15) is 31.5 Å². The summed E-state index contributed by atoms with van der Waals surface area (Å²) in [5, 5.41) is 19.7. The van der Waals surface area contributed by atoms with E-state index in [2.05, 4.69) is 15.7 Å². The molecule has 1 saturated carbocycles. The lowest BCUT2D eigenvalue weighted by molar-refractivity contribution is -0.138. The molecular formula is C24H32ClF3N4O5S. The molecule has 0 spiro atoms. The molecule has 212 valence electrons. The van der Waals surface area contributed by atoms with Crippen molar-refractivity contribution in [3.8, 4) is 17.0 Å². The molecule has 1 heterocycles. The molecule has 0 unspecified atom stereocenters. The molecule has 3 N–H and O–H groups in total. The average Bonchev–Trinajstić information content (AvgIpc) is 3.17. The Hall–Kier alpha value is -2.51. The van der Waals surface area contributed by atoms with Crippen LogP contribution in [0.3, 0.4) is 0 Å². The van der Waals surface area contributed by atoms with E-state index in [1.54, 1.807) is 6.92 Å². The van der Waals surface area contributed by atoms with Gasteiger partial charge in [0.1, 0.15) is 21.6 Å². The highest BCUT2D eigenvalue weighted by molar-refractivity contribution is 7.91. The molecule has 14 heteroatoms. The summed E-state index contributed by atoms with van der Waals surface area (Å²) >= 11 is 6.58. The van der Waals surface area contributed by atoms with Crippen molar-refractivity contribution in [1.29, 1.82) is 0 Å². The third-order valence-corrected chi connectivity index (χ3v) is 8.83. The van der Waals surface area contributed by atoms with Crippen LogP contribution in [-0.4, -0.2) is 72.2 Å². The first-order valence-electron chi connectivity index (χ1n) is 12.1. The van der Waals surface area contributed by atoms with E-state index in [0.29, 0.717) is 30.6 Å². The van der Waals surface area contributed by atoms with Crippen molar-refractivity contribution in [1.82, 2.24) is 15.1 Å². The quantitative estimate of drug-likeness (QED) is 0.409. The number of benzene rings is 1. The Morgan fingerprint density at radius 3 is 2.50 bits per heavy atom. The van der Waals surface area contributed by atoms with E-state index in [4.69, 9.17) is 16.3 Å². The topological polar surface area (TPSA) is 123 Å². The number of aromatic nitrogens is 2. The zero-order chi connectivity index (χ0) is 28.5. The highest BCUT2D eigenvalue weighted by Crippen LogP contribution is 2.39. The van der Waals surface area contributed by atoms with Crippen LogP contribution in [0, 0.1) is 0 Å². The number of hydrogen-bond acceptors (Lipinski definition) is 7. The zero-order valence-electron chi connectivity index (χ0n) is 21.5. The number of halogens is 4. The van der Waals surface area contributed by atoms with Crippen LogP contribution in [0.2, 0.25) is 5.02 Å². The van der Waals surface area contributed by atoms with Gasteiger partial charge in [-0.25, -0.2) is 8.42 Å².